The number of hydrogen-bond acceptors (Lipinski definition) is 3. The monoisotopic (exact) mass is 288 g/mol. The fourth-order valence-electron chi connectivity index (χ4n) is 3.78. The molecule has 0 fully saturated rings. The molecule has 0 saturated carbocycles. The molecule has 3 aromatic rings. The molecule has 2 N–H and O–H groups in total. The molecule has 0 radical (unpaired) electrons. The molecule has 1 aliphatic heterocycles. The Kier molecular flexibility index (Phi) is 1.95. The molecular formula is C18H12N2O2. The quantitative estimate of drug-likeness (QED) is 0.667. The van der Waals surface area contributed by atoms with Crippen LogP contribution >= 0.6 is 0 Å². The summed E-state index contributed by atoms with van der Waals surface area (Å²) < 4.78 is 0. The van der Waals surface area contributed by atoms with Crippen molar-refractivity contribution in [2.45, 2.75) is 12.0 Å². The van der Waals surface area contributed by atoms with Gasteiger partial charge in [0.15, 0.2) is 11.6 Å². The van der Waals surface area contributed by atoms with Crippen LogP contribution in [0.2, 0.25) is 0 Å². The lowest BCUT2D eigenvalue weighted by molar-refractivity contribution is 0.0870. The van der Waals surface area contributed by atoms with Gasteiger partial charge in [0.05, 0.1) is 5.69 Å². The molecule has 0 saturated heterocycles. The van der Waals surface area contributed by atoms with E-state index >= 15 is 0 Å². The van der Waals surface area contributed by atoms with Crippen LogP contribution in [0.15, 0.2) is 48.5 Å². The lowest BCUT2D eigenvalue weighted by Crippen LogP contribution is -2.37. The first-order valence-corrected chi connectivity index (χ1v) is 7.27. The predicted octanol–water partition coefficient (Wildman–Crippen LogP) is 3.26. The van der Waals surface area contributed by atoms with Crippen molar-refractivity contribution in [3.8, 4) is 0 Å². The van der Waals surface area contributed by atoms with Gasteiger partial charge in [0.25, 0.3) is 0 Å². The zero-order chi connectivity index (χ0) is 14.9. The molecule has 106 valence electrons. The highest BCUT2D eigenvalue weighted by molar-refractivity contribution is 6.23. The molecule has 0 bridgehead atoms. The van der Waals surface area contributed by atoms with Gasteiger partial charge >= 0.3 is 0 Å². The maximum absolute atomic E-state index is 13.0. The first-order chi connectivity index (χ1) is 10.7. The number of para-hydroxylation sites is 2. The predicted molar refractivity (Wildman–Crippen MR) is 83.3 cm³/mol. The van der Waals surface area contributed by atoms with E-state index in [0.717, 1.165) is 16.6 Å². The second-order valence-electron chi connectivity index (χ2n) is 5.93. The summed E-state index contributed by atoms with van der Waals surface area (Å²) in [5.41, 5.74) is 2.75. The third kappa shape index (κ3) is 1.19. The highest BCUT2D eigenvalue weighted by Gasteiger charge is 2.55. The van der Waals surface area contributed by atoms with E-state index in [-0.39, 0.29) is 18.0 Å². The zero-order valence-corrected chi connectivity index (χ0v) is 11.6. The Balaban J connectivity index is 1.81. The van der Waals surface area contributed by atoms with Crippen molar-refractivity contribution < 1.29 is 9.59 Å². The van der Waals surface area contributed by atoms with Crippen molar-refractivity contribution in [2.24, 2.45) is 0 Å². The van der Waals surface area contributed by atoms with E-state index in [0.29, 0.717) is 16.8 Å². The second-order valence-corrected chi connectivity index (χ2v) is 5.93. The zero-order valence-electron chi connectivity index (χ0n) is 11.6. The second kappa shape index (κ2) is 3.65. The Hall–Kier alpha value is -2.88. The molecule has 4 nitrogen and oxygen atoms in total. The molecule has 4 heteroatoms. The SMILES string of the molecule is O=C1C[C@@]2(Nc3ccccc3C2=O)c2[nH]c3ccccc3c21. The van der Waals surface area contributed by atoms with E-state index in [2.05, 4.69) is 10.3 Å². The summed E-state index contributed by atoms with van der Waals surface area (Å²) in [6.45, 7) is 0. The minimum atomic E-state index is -0.963. The molecule has 0 unspecified atom stereocenters. The molecule has 2 heterocycles. The van der Waals surface area contributed by atoms with Gasteiger partial charge < -0.3 is 10.3 Å². The van der Waals surface area contributed by atoms with Crippen LogP contribution < -0.4 is 5.32 Å². The minimum Gasteiger partial charge on any atom is -0.367 e. The van der Waals surface area contributed by atoms with E-state index in [1.54, 1.807) is 0 Å². The third-order valence-corrected chi connectivity index (χ3v) is 4.74. The summed E-state index contributed by atoms with van der Waals surface area (Å²) in [6.07, 6.45) is 0.173. The van der Waals surface area contributed by atoms with Crippen molar-refractivity contribution >= 4 is 28.2 Å². The van der Waals surface area contributed by atoms with Gasteiger partial charge in [-0.25, -0.2) is 0 Å². The average Bonchev–Trinajstić information content (AvgIpc) is 3.13. The lowest BCUT2D eigenvalue weighted by Gasteiger charge is -2.22. The number of carbonyl (C=O) groups is 2. The van der Waals surface area contributed by atoms with E-state index in [9.17, 15) is 9.59 Å². The van der Waals surface area contributed by atoms with Gasteiger partial charge in [-0.2, -0.15) is 0 Å². The molecule has 1 atom stereocenters. The maximum atomic E-state index is 13.0. The number of fused-ring (bicyclic) bond motifs is 5. The number of H-pyrrole nitrogens is 1. The molecule has 2 aliphatic rings. The molecule has 1 aromatic heterocycles. The summed E-state index contributed by atoms with van der Waals surface area (Å²) in [6, 6.07) is 15.1. The molecule has 22 heavy (non-hydrogen) atoms. The topological polar surface area (TPSA) is 62.0 Å². The molecular weight excluding hydrogens is 276 g/mol. The maximum Gasteiger partial charge on any atom is 0.196 e. The Morgan fingerprint density at radius 2 is 1.73 bits per heavy atom. The van der Waals surface area contributed by atoms with Crippen molar-refractivity contribution in [3.63, 3.8) is 0 Å². The minimum absolute atomic E-state index is 0.0149. The lowest BCUT2D eigenvalue weighted by atomic mass is 9.91. The van der Waals surface area contributed by atoms with E-state index in [1.807, 2.05) is 48.5 Å². The number of nitrogens with one attached hydrogen (secondary N) is 2. The largest absolute Gasteiger partial charge is 0.367 e. The van der Waals surface area contributed by atoms with Gasteiger partial charge in [0.1, 0.15) is 5.54 Å². The number of aromatic nitrogens is 1. The van der Waals surface area contributed by atoms with E-state index in [1.165, 1.54) is 0 Å². The number of hydrogen-bond donors (Lipinski definition) is 2. The normalized spacial score (nSPS) is 22.2. The van der Waals surface area contributed by atoms with Crippen LogP contribution in [0.25, 0.3) is 10.9 Å². The fourth-order valence-corrected chi connectivity index (χ4v) is 3.78. The van der Waals surface area contributed by atoms with Crippen LogP contribution in [-0.4, -0.2) is 16.6 Å². The van der Waals surface area contributed by atoms with Crippen LogP contribution in [-0.2, 0) is 5.54 Å². The number of rotatable bonds is 0. The van der Waals surface area contributed by atoms with E-state index in [4.69, 9.17) is 0 Å². The first kappa shape index (κ1) is 11.7. The number of aromatic amines is 1. The fraction of sp³-hybridized carbons (Fsp3) is 0.111. The number of carbonyl (C=O) groups excluding carboxylic acids is 2. The van der Waals surface area contributed by atoms with Crippen LogP contribution in [0, 0.1) is 0 Å². The third-order valence-electron chi connectivity index (χ3n) is 4.74. The summed E-state index contributed by atoms with van der Waals surface area (Å²) >= 11 is 0. The number of ketones is 2. The molecule has 1 aliphatic carbocycles. The van der Waals surface area contributed by atoms with Gasteiger partial charge in [0, 0.05) is 34.1 Å². The Labute approximate surface area is 126 Å². The summed E-state index contributed by atoms with van der Waals surface area (Å²) in [7, 11) is 0. The number of benzene rings is 2. The van der Waals surface area contributed by atoms with Crippen LogP contribution in [0.4, 0.5) is 5.69 Å². The number of anilines is 1. The molecule has 0 amide bonds. The smallest absolute Gasteiger partial charge is 0.196 e. The Morgan fingerprint density at radius 3 is 2.59 bits per heavy atom. The summed E-state index contributed by atoms with van der Waals surface area (Å²) in [4.78, 5) is 28.9. The average molecular weight is 288 g/mol. The molecule has 5 rings (SSSR count). The van der Waals surface area contributed by atoms with E-state index < -0.39 is 5.54 Å². The van der Waals surface area contributed by atoms with Gasteiger partial charge in [0.2, 0.25) is 0 Å². The first-order valence-electron chi connectivity index (χ1n) is 7.27. The van der Waals surface area contributed by atoms with Crippen LogP contribution in [0.1, 0.15) is 32.8 Å². The standard InChI is InChI=1S/C18H12N2O2/c21-14-9-18(17(22)11-6-2-4-8-13(11)20-18)16-15(14)10-5-1-3-7-12(10)19-16/h1-8,19-20H,9H2/t18-/m1/s1. The Morgan fingerprint density at radius 1 is 0.955 bits per heavy atom. The molecule has 1 spiro atoms. The Bertz CT molecular complexity index is 986. The molecule has 2 aromatic carbocycles. The van der Waals surface area contributed by atoms with Crippen molar-refractivity contribution in [3.05, 3.63) is 65.4 Å². The van der Waals surface area contributed by atoms with Gasteiger partial charge in [-0.3, -0.25) is 9.59 Å². The summed E-state index contributed by atoms with van der Waals surface area (Å²) in [5.74, 6) is -0.0112. The van der Waals surface area contributed by atoms with Gasteiger partial charge in [-0.15, -0.1) is 0 Å². The van der Waals surface area contributed by atoms with Crippen molar-refractivity contribution in [1.82, 2.24) is 4.98 Å². The highest BCUT2D eigenvalue weighted by atomic mass is 16.1. The van der Waals surface area contributed by atoms with Gasteiger partial charge in [-0.05, 0) is 18.2 Å². The van der Waals surface area contributed by atoms with Crippen molar-refractivity contribution in [1.29, 1.82) is 0 Å². The van der Waals surface area contributed by atoms with Crippen LogP contribution in [0.5, 0.6) is 0 Å². The van der Waals surface area contributed by atoms with Crippen LogP contribution in [0.3, 0.4) is 0 Å². The number of Topliss-reactive ketones (excluding diaryl/α,β-unsaturated/α-hetero) is 2. The summed E-state index contributed by atoms with van der Waals surface area (Å²) in [5, 5.41) is 4.20. The van der Waals surface area contributed by atoms with Crippen molar-refractivity contribution in [2.75, 3.05) is 5.32 Å². The highest BCUT2D eigenvalue weighted by Crippen LogP contribution is 2.48. The van der Waals surface area contributed by atoms with Gasteiger partial charge in [-0.1, -0.05) is 30.3 Å².